The summed E-state index contributed by atoms with van der Waals surface area (Å²) < 4.78 is 7.08. The number of likely N-dealkylation sites (tertiary alicyclic amines) is 1. The minimum Gasteiger partial charge on any atom is -0.494 e. The summed E-state index contributed by atoms with van der Waals surface area (Å²) in [5.74, 6) is 1.53. The van der Waals surface area contributed by atoms with Crippen LogP contribution in [0.4, 0.5) is 0 Å². The molecule has 1 aliphatic rings. The zero-order valence-electron chi connectivity index (χ0n) is 15.6. The number of nitrogens with zero attached hydrogens (tertiary/aromatic N) is 5. The Balaban J connectivity index is 1.44. The number of hydrogen-bond acceptors (Lipinski definition) is 6. The average molecular weight is 395 g/mol. The molecule has 8 heteroatoms. The molecule has 144 valence electrons. The van der Waals surface area contributed by atoms with Gasteiger partial charge < -0.3 is 9.64 Å². The van der Waals surface area contributed by atoms with Gasteiger partial charge in [0.15, 0.2) is 0 Å². The van der Waals surface area contributed by atoms with Crippen molar-refractivity contribution in [2.45, 2.75) is 23.8 Å². The molecule has 0 aliphatic carbocycles. The molecule has 0 radical (unpaired) electrons. The first-order valence-electron chi connectivity index (χ1n) is 9.19. The van der Waals surface area contributed by atoms with Gasteiger partial charge in [-0.2, -0.15) is 4.68 Å². The zero-order chi connectivity index (χ0) is 19.3. The normalized spacial score (nSPS) is 13.7. The van der Waals surface area contributed by atoms with Crippen molar-refractivity contribution in [1.29, 1.82) is 0 Å². The van der Waals surface area contributed by atoms with Crippen LogP contribution in [0.5, 0.6) is 5.75 Å². The fourth-order valence-electron chi connectivity index (χ4n) is 3.22. The number of carbonyl (C=O) groups is 1. The molecule has 0 N–H and O–H groups in total. The van der Waals surface area contributed by atoms with E-state index < -0.39 is 0 Å². The van der Waals surface area contributed by atoms with Gasteiger partial charge in [-0.25, -0.2) is 0 Å². The number of methoxy groups -OCH3 is 1. The predicted octanol–water partition coefficient (Wildman–Crippen LogP) is 3.20. The highest BCUT2D eigenvalue weighted by Gasteiger charge is 2.19. The fraction of sp³-hybridized carbons (Fsp3) is 0.300. The van der Waals surface area contributed by atoms with Crippen LogP contribution in [0.2, 0.25) is 0 Å². The highest BCUT2D eigenvalue weighted by molar-refractivity contribution is 7.98. The maximum absolute atomic E-state index is 12.4. The number of thioether (sulfide) groups is 1. The average Bonchev–Trinajstić information content (AvgIpc) is 3.44. The minimum atomic E-state index is 0.122. The number of tetrazole rings is 1. The molecule has 1 saturated heterocycles. The van der Waals surface area contributed by atoms with Crippen molar-refractivity contribution in [3.8, 4) is 11.4 Å². The second kappa shape index (κ2) is 8.43. The summed E-state index contributed by atoms with van der Waals surface area (Å²) in [5.41, 5.74) is 2.65. The number of aromatic nitrogens is 4. The van der Waals surface area contributed by atoms with Crippen molar-refractivity contribution < 1.29 is 9.53 Å². The lowest BCUT2D eigenvalue weighted by atomic mass is 10.1. The van der Waals surface area contributed by atoms with Crippen LogP contribution >= 0.6 is 11.8 Å². The van der Waals surface area contributed by atoms with Crippen molar-refractivity contribution in [3.63, 3.8) is 0 Å². The van der Waals surface area contributed by atoms with Crippen molar-refractivity contribution in [2.24, 2.45) is 0 Å². The number of carbonyl (C=O) groups excluding carboxylic acids is 1. The van der Waals surface area contributed by atoms with Crippen LogP contribution in [0.1, 0.15) is 28.8 Å². The lowest BCUT2D eigenvalue weighted by Crippen LogP contribution is -2.27. The Morgan fingerprint density at radius 2 is 1.86 bits per heavy atom. The Kier molecular flexibility index (Phi) is 5.57. The Bertz CT molecular complexity index is 951. The monoisotopic (exact) mass is 395 g/mol. The first-order valence-corrected chi connectivity index (χ1v) is 10.2. The summed E-state index contributed by atoms with van der Waals surface area (Å²) in [4.78, 5) is 14.4. The van der Waals surface area contributed by atoms with E-state index >= 15 is 0 Å². The van der Waals surface area contributed by atoms with Crippen molar-refractivity contribution in [2.75, 3.05) is 20.2 Å². The predicted molar refractivity (Wildman–Crippen MR) is 107 cm³/mol. The summed E-state index contributed by atoms with van der Waals surface area (Å²) in [6.45, 7) is 1.73. The quantitative estimate of drug-likeness (QED) is 0.597. The van der Waals surface area contributed by atoms with Gasteiger partial charge in [0.1, 0.15) is 11.4 Å². The third-order valence-electron chi connectivity index (χ3n) is 4.72. The number of hydrogen-bond donors (Lipinski definition) is 0. The third-order valence-corrected chi connectivity index (χ3v) is 5.71. The highest BCUT2D eigenvalue weighted by atomic mass is 32.2. The van der Waals surface area contributed by atoms with Crippen molar-refractivity contribution in [1.82, 2.24) is 25.1 Å². The van der Waals surface area contributed by atoms with Gasteiger partial charge >= 0.3 is 0 Å². The molecule has 28 heavy (non-hydrogen) atoms. The van der Waals surface area contributed by atoms with E-state index in [-0.39, 0.29) is 5.91 Å². The van der Waals surface area contributed by atoms with Crippen LogP contribution in [0, 0.1) is 0 Å². The molecule has 1 aromatic heterocycles. The van der Waals surface area contributed by atoms with E-state index in [1.807, 2.05) is 53.4 Å². The molecule has 0 bridgehead atoms. The van der Waals surface area contributed by atoms with E-state index in [2.05, 4.69) is 15.5 Å². The van der Waals surface area contributed by atoms with Crippen LogP contribution in [-0.2, 0) is 5.75 Å². The smallest absolute Gasteiger partial charge is 0.253 e. The Morgan fingerprint density at radius 3 is 2.61 bits per heavy atom. The summed E-state index contributed by atoms with van der Waals surface area (Å²) in [6, 6.07) is 15.4. The number of para-hydroxylation sites is 2. The van der Waals surface area contributed by atoms with Crippen LogP contribution in [-0.4, -0.2) is 51.2 Å². The van der Waals surface area contributed by atoms with Gasteiger partial charge in [0, 0.05) is 24.4 Å². The molecular weight excluding hydrogens is 374 g/mol. The molecule has 0 saturated carbocycles. The van der Waals surface area contributed by atoms with Crippen LogP contribution in [0.15, 0.2) is 53.7 Å². The van der Waals surface area contributed by atoms with E-state index in [0.717, 1.165) is 42.7 Å². The van der Waals surface area contributed by atoms with Gasteiger partial charge in [0.2, 0.25) is 5.16 Å². The maximum Gasteiger partial charge on any atom is 0.253 e. The molecule has 0 unspecified atom stereocenters. The summed E-state index contributed by atoms with van der Waals surface area (Å²) >= 11 is 1.54. The lowest BCUT2D eigenvalue weighted by Gasteiger charge is -2.15. The maximum atomic E-state index is 12.4. The largest absolute Gasteiger partial charge is 0.494 e. The van der Waals surface area contributed by atoms with Gasteiger partial charge in [0.25, 0.3) is 5.91 Å². The zero-order valence-corrected chi connectivity index (χ0v) is 16.4. The SMILES string of the molecule is COc1ccccc1-n1nnnc1SCc1ccc(C(=O)N2CCCC2)cc1. The van der Waals surface area contributed by atoms with Gasteiger partial charge in [0.05, 0.1) is 7.11 Å². The van der Waals surface area contributed by atoms with E-state index in [1.54, 1.807) is 11.8 Å². The first-order chi connectivity index (χ1) is 13.8. The molecule has 2 aromatic carbocycles. The van der Waals surface area contributed by atoms with Gasteiger partial charge in [-0.3, -0.25) is 4.79 Å². The van der Waals surface area contributed by atoms with Crippen LogP contribution in [0.3, 0.4) is 0 Å². The molecule has 1 amide bonds. The fourth-order valence-corrected chi connectivity index (χ4v) is 4.06. The van der Waals surface area contributed by atoms with Gasteiger partial charge in [-0.1, -0.05) is 36.0 Å². The van der Waals surface area contributed by atoms with Gasteiger partial charge in [-0.15, -0.1) is 5.10 Å². The molecule has 0 atom stereocenters. The molecule has 4 rings (SSSR count). The number of amides is 1. The summed E-state index contributed by atoms with van der Waals surface area (Å²) in [7, 11) is 1.63. The Labute approximate surface area is 167 Å². The third kappa shape index (κ3) is 3.87. The molecule has 0 spiro atoms. The standard InChI is InChI=1S/C20H21N5O2S/c1-27-18-7-3-2-6-17(18)25-20(21-22-23-25)28-14-15-8-10-16(11-9-15)19(26)24-12-4-5-13-24/h2-3,6-11H,4-5,12-14H2,1H3. The second-order valence-electron chi connectivity index (χ2n) is 6.53. The summed E-state index contributed by atoms with van der Waals surface area (Å²) in [6.07, 6.45) is 2.20. The number of ether oxygens (including phenoxy) is 1. The molecule has 3 aromatic rings. The number of benzene rings is 2. The van der Waals surface area contributed by atoms with E-state index in [1.165, 1.54) is 11.8 Å². The second-order valence-corrected chi connectivity index (χ2v) is 7.47. The van der Waals surface area contributed by atoms with Crippen molar-refractivity contribution >= 4 is 17.7 Å². The molecule has 1 fully saturated rings. The topological polar surface area (TPSA) is 73.1 Å². The molecular formula is C20H21N5O2S. The van der Waals surface area contributed by atoms with Gasteiger partial charge in [-0.05, 0) is 53.1 Å². The van der Waals surface area contributed by atoms with E-state index in [9.17, 15) is 4.79 Å². The Morgan fingerprint density at radius 1 is 1.11 bits per heavy atom. The van der Waals surface area contributed by atoms with Crippen LogP contribution < -0.4 is 4.74 Å². The van der Waals surface area contributed by atoms with E-state index in [0.29, 0.717) is 16.7 Å². The molecule has 2 heterocycles. The summed E-state index contributed by atoms with van der Waals surface area (Å²) in [5, 5.41) is 12.7. The highest BCUT2D eigenvalue weighted by Crippen LogP contribution is 2.27. The molecule has 1 aliphatic heterocycles. The first kappa shape index (κ1) is 18.5. The Hall–Kier alpha value is -2.87. The van der Waals surface area contributed by atoms with Crippen molar-refractivity contribution in [3.05, 3.63) is 59.7 Å². The molecule has 7 nitrogen and oxygen atoms in total. The minimum absolute atomic E-state index is 0.122. The number of rotatable bonds is 6. The van der Waals surface area contributed by atoms with E-state index in [4.69, 9.17) is 4.74 Å². The lowest BCUT2D eigenvalue weighted by molar-refractivity contribution is 0.0793. The van der Waals surface area contributed by atoms with Crippen LogP contribution in [0.25, 0.3) is 5.69 Å².